The Kier molecular flexibility index (Phi) is 4.49. The summed E-state index contributed by atoms with van der Waals surface area (Å²) in [6.07, 6.45) is 1.69. The van der Waals surface area contributed by atoms with Gasteiger partial charge < -0.3 is 15.7 Å². The number of nitriles is 1. The zero-order valence-electron chi connectivity index (χ0n) is 10.4. The standard InChI is InChI=1S/C12H16N4O2/c1-8(2)16(5-3-4-13)11-6-9(12(17)18)10(14)7-15-11/h6-8H,3,5,14H2,1-2H3,(H,17,18). The fraction of sp³-hybridized carbons (Fsp3) is 0.417. The van der Waals surface area contributed by atoms with Crippen LogP contribution in [0.25, 0.3) is 0 Å². The Bertz CT molecular complexity index is 479. The fourth-order valence-corrected chi connectivity index (χ4v) is 1.60. The van der Waals surface area contributed by atoms with Crippen LogP contribution in [0.3, 0.4) is 0 Å². The number of anilines is 2. The van der Waals surface area contributed by atoms with Crippen molar-refractivity contribution in [2.75, 3.05) is 17.2 Å². The van der Waals surface area contributed by atoms with E-state index in [4.69, 9.17) is 16.1 Å². The van der Waals surface area contributed by atoms with Gasteiger partial charge in [-0.2, -0.15) is 5.26 Å². The van der Waals surface area contributed by atoms with Crippen molar-refractivity contribution >= 4 is 17.5 Å². The van der Waals surface area contributed by atoms with Crippen LogP contribution in [0.1, 0.15) is 30.6 Å². The minimum absolute atomic E-state index is 0.0302. The van der Waals surface area contributed by atoms with Gasteiger partial charge in [0, 0.05) is 12.6 Å². The van der Waals surface area contributed by atoms with Crippen molar-refractivity contribution in [2.45, 2.75) is 26.3 Å². The average molecular weight is 248 g/mol. The molecular formula is C12H16N4O2. The number of rotatable bonds is 5. The predicted molar refractivity (Wildman–Crippen MR) is 68.3 cm³/mol. The van der Waals surface area contributed by atoms with Gasteiger partial charge in [0.2, 0.25) is 0 Å². The molecule has 0 atom stereocenters. The van der Waals surface area contributed by atoms with Gasteiger partial charge in [0.15, 0.2) is 0 Å². The third-order valence-corrected chi connectivity index (χ3v) is 2.53. The maximum atomic E-state index is 11.0. The average Bonchev–Trinajstić information content (AvgIpc) is 2.30. The van der Waals surface area contributed by atoms with E-state index in [-0.39, 0.29) is 17.3 Å². The molecule has 0 saturated heterocycles. The summed E-state index contributed by atoms with van der Waals surface area (Å²) in [5.74, 6) is -0.563. The van der Waals surface area contributed by atoms with E-state index in [0.717, 1.165) is 0 Å². The van der Waals surface area contributed by atoms with Gasteiger partial charge in [-0.15, -0.1) is 0 Å². The van der Waals surface area contributed by atoms with Crippen LogP contribution < -0.4 is 10.6 Å². The van der Waals surface area contributed by atoms with Gasteiger partial charge in [-0.05, 0) is 19.9 Å². The van der Waals surface area contributed by atoms with Crippen LogP contribution in [0, 0.1) is 11.3 Å². The molecular weight excluding hydrogens is 232 g/mol. The largest absolute Gasteiger partial charge is 0.478 e. The van der Waals surface area contributed by atoms with Crippen LogP contribution in [0.15, 0.2) is 12.3 Å². The number of aromatic carboxylic acids is 1. The second-order valence-electron chi connectivity index (χ2n) is 4.13. The molecule has 0 amide bonds. The van der Waals surface area contributed by atoms with Gasteiger partial charge in [0.25, 0.3) is 0 Å². The number of carboxylic acid groups (broad SMARTS) is 1. The highest BCUT2D eigenvalue weighted by Crippen LogP contribution is 2.20. The van der Waals surface area contributed by atoms with Crippen LogP contribution in [0.4, 0.5) is 11.5 Å². The third-order valence-electron chi connectivity index (χ3n) is 2.53. The topological polar surface area (TPSA) is 103 Å². The molecule has 0 saturated carbocycles. The van der Waals surface area contributed by atoms with Gasteiger partial charge in [0.1, 0.15) is 5.82 Å². The Hall–Kier alpha value is -2.29. The fourth-order valence-electron chi connectivity index (χ4n) is 1.60. The molecule has 18 heavy (non-hydrogen) atoms. The Morgan fingerprint density at radius 2 is 2.33 bits per heavy atom. The molecule has 96 valence electrons. The summed E-state index contributed by atoms with van der Waals surface area (Å²) in [5.41, 5.74) is 5.72. The second-order valence-corrected chi connectivity index (χ2v) is 4.13. The predicted octanol–water partition coefficient (Wildman–Crippen LogP) is 1.49. The van der Waals surface area contributed by atoms with Gasteiger partial charge in [-0.3, -0.25) is 0 Å². The number of hydrogen-bond donors (Lipinski definition) is 2. The molecule has 3 N–H and O–H groups in total. The summed E-state index contributed by atoms with van der Waals surface area (Å²) in [5, 5.41) is 17.6. The maximum Gasteiger partial charge on any atom is 0.337 e. The molecule has 0 radical (unpaired) electrons. The lowest BCUT2D eigenvalue weighted by atomic mass is 10.2. The first-order chi connectivity index (χ1) is 8.47. The molecule has 1 aromatic heterocycles. The number of aromatic nitrogens is 1. The monoisotopic (exact) mass is 248 g/mol. The third kappa shape index (κ3) is 3.10. The molecule has 0 aliphatic carbocycles. The van der Waals surface area contributed by atoms with E-state index in [1.165, 1.54) is 12.3 Å². The number of carboxylic acids is 1. The molecule has 1 heterocycles. The zero-order valence-corrected chi connectivity index (χ0v) is 10.4. The summed E-state index contributed by atoms with van der Waals surface area (Å²) in [6, 6.07) is 3.62. The SMILES string of the molecule is CC(C)N(CCC#N)c1cc(C(=O)O)c(N)cn1. The van der Waals surface area contributed by atoms with E-state index in [1.807, 2.05) is 18.7 Å². The van der Waals surface area contributed by atoms with E-state index in [0.29, 0.717) is 18.8 Å². The quantitative estimate of drug-likeness (QED) is 0.818. The molecule has 1 rings (SSSR count). The molecule has 0 aliphatic heterocycles. The van der Waals surface area contributed by atoms with Crippen LogP contribution in [0.5, 0.6) is 0 Å². The second kappa shape index (κ2) is 5.87. The molecule has 0 bridgehead atoms. The lowest BCUT2D eigenvalue weighted by molar-refractivity contribution is 0.0698. The minimum atomic E-state index is -1.08. The van der Waals surface area contributed by atoms with Crippen molar-refractivity contribution < 1.29 is 9.90 Å². The number of pyridine rings is 1. The van der Waals surface area contributed by atoms with E-state index in [1.54, 1.807) is 0 Å². The Labute approximate surface area is 106 Å². The molecule has 0 unspecified atom stereocenters. The first kappa shape index (κ1) is 13.8. The zero-order chi connectivity index (χ0) is 13.7. The number of carbonyl (C=O) groups is 1. The van der Waals surface area contributed by atoms with Gasteiger partial charge >= 0.3 is 5.97 Å². The van der Waals surface area contributed by atoms with Crippen molar-refractivity contribution in [2.24, 2.45) is 0 Å². The van der Waals surface area contributed by atoms with Crippen LogP contribution in [-0.2, 0) is 0 Å². The summed E-state index contributed by atoms with van der Waals surface area (Å²) in [6.45, 7) is 4.41. The highest BCUT2D eigenvalue weighted by atomic mass is 16.4. The van der Waals surface area contributed by atoms with Crippen molar-refractivity contribution in [1.82, 2.24) is 4.98 Å². The maximum absolute atomic E-state index is 11.0. The number of nitrogens with two attached hydrogens (primary N) is 1. The van der Waals surface area contributed by atoms with Crippen LogP contribution >= 0.6 is 0 Å². The van der Waals surface area contributed by atoms with Gasteiger partial charge in [0.05, 0.1) is 29.9 Å². The van der Waals surface area contributed by atoms with E-state index in [9.17, 15) is 4.79 Å². The molecule has 0 spiro atoms. The molecule has 6 nitrogen and oxygen atoms in total. The van der Waals surface area contributed by atoms with Crippen LogP contribution in [-0.4, -0.2) is 28.6 Å². The van der Waals surface area contributed by atoms with E-state index >= 15 is 0 Å². The normalized spacial score (nSPS) is 10.1. The smallest absolute Gasteiger partial charge is 0.337 e. The van der Waals surface area contributed by atoms with Crippen molar-refractivity contribution in [1.29, 1.82) is 5.26 Å². The Morgan fingerprint density at radius 3 is 2.83 bits per heavy atom. The van der Waals surface area contributed by atoms with Crippen LogP contribution in [0.2, 0.25) is 0 Å². The highest BCUT2D eigenvalue weighted by molar-refractivity contribution is 5.94. The summed E-state index contributed by atoms with van der Waals surface area (Å²) in [7, 11) is 0. The van der Waals surface area contributed by atoms with Crippen molar-refractivity contribution in [3.8, 4) is 6.07 Å². The summed E-state index contributed by atoms with van der Waals surface area (Å²) < 4.78 is 0. The van der Waals surface area contributed by atoms with Gasteiger partial charge in [-0.1, -0.05) is 0 Å². The first-order valence-electron chi connectivity index (χ1n) is 5.59. The molecule has 1 aromatic rings. The van der Waals surface area contributed by atoms with Gasteiger partial charge in [-0.25, -0.2) is 9.78 Å². The van der Waals surface area contributed by atoms with E-state index in [2.05, 4.69) is 11.1 Å². The number of nitrogen functional groups attached to an aromatic ring is 1. The first-order valence-corrected chi connectivity index (χ1v) is 5.59. The molecule has 6 heteroatoms. The Balaban J connectivity index is 3.09. The number of hydrogen-bond acceptors (Lipinski definition) is 5. The van der Waals surface area contributed by atoms with E-state index < -0.39 is 5.97 Å². The highest BCUT2D eigenvalue weighted by Gasteiger charge is 2.16. The Morgan fingerprint density at radius 1 is 1.67 bits per heavy atom. The lowest BCUT2D eigenvalue weighted by Gasteiger charge is -2.27. The number of nitrogens with zero attached hydrogens (tertiary/aromatic N) is 3. The summed E-state index contributed by atoms with van der Waals surface area (Å²) in [4.78, 5) is 17.0. The summed E-state index contributed by atoms with van der Waals surface area (Å²) >= 11 is 0. The molecule has 0 fully saturated rings. The van der Waals surface area contributed by atoms with Crippen molar-refractivity contribution in [3.63, 3.8) is 0 Å². The minimum Gasteiger partial charge on any atom is -0.478 e. The van der Waals surface area contributed by atoms with Crippen molar-refractivity contribution in [3.05, 3.63) is 17.8 Å². The molecule has 0 aliphatic rings. The lowest BCUT2D eigenvalue weighted by Crippen LogP contribution is -2.32. The molecule has 0 aromatic carbocycles.